The first kappa shape index (κ1) is 13.1. The topological polar surface area (TPSA) is 56.3 Å². The second-order valence-corrected chi connectivity index (χ2v) is 4.74. The zero-order chi connectivity index (χ0) is 13.0. The molecule has 0 bridgehead atoms. The maximum Gasteiger partial charge on any atom is 0.218 e. The van der Waals surface area contributed by atoms with Gasteiger partial charge < -0.3 is 14.8 Å². The van der Waals surface area contributed by atoms with Gasteiger partial charge in [0, 0.05) is 25.5 Å². The minimum atomic E-state index is 0.174. The summed E-state index contributed by atoms with van der Waals surface area (Å²) in [7, 11) is 0. The third-order valence-electron chi connectivity index (χ3n) is 2.94. The number of anilines is 1. The van der Waals surface area contributed by atoms with Gasteiger partial charge in [-0.05, 0) is 20.8 Å². The van der Waals surface area contributed by atoms with Crippen LogP contribution in [0.1, 0.15) is 33.6 Å². The van der Waals surface area contributed by atoms with E-state index in [1.54, 1.807) is 0 Å². The van der Waals surface area contributed by atoms with Gasteiger partial charge in [-0.1, -0.05) is 0 Å². The van der Waals surface area contributed by atoms with Crippen molar-refractivity contribution in [1.82, 2.24) is 9.97 Å². The molecule has 1 aliphatic heterocycles. The summed E-state index contributed by atoms with van der Waals surface area (Å²) in [5.74, 6) is 1.43. The molecule has 1 aromatic heterocycles. The Morgan fingerprint density at radius 1 is 1.33 bits per heavy atom. The summed E-state index contributed by atoms with van der Waals surface area (Å²) in [4.78, 5) is 8.28. The molecule has 1 aliphatic rings. The van der Waals surface area contributed by atoms with Gasteiger partial charge in [0.25, 0.3) is 0 Å². The van der Waals surface area contributed by atoms with Gasteiger partial charge in [0.2, 0.25) is 5.88 Å². The minimum absolute atomic E-state index is 0.174. The smallest absolute Gasteiger partial charge is 0.218 e. The van der Waals surface area contributed by atoms with Crippen LogP contribution in [0, 0.1) is 0 Å². The third kappa shape index (κ3) is 3.57. The molecule has 18 heavy (non-hydrogen) atoms. The van der Waals surface area contributed by atoms with Crippen LogP contribution in [0.5, 0.6) is 5.88 Å². The Bertz CT molecular complexity index is 376. The van der Waals surface area contributed by atoms with E-state index in [0.717, 1.165) is 25.2 Å². The van der Waals surface area contributed by atoms with Gasteiger partial charge in [0.05, 0.1) is 12.2 Å². The van der Waals surface area contributed by atoms with E-state index in [-0.39, 0.29) is 18.3 Å². The number of rotatable bonds is 4. The molecule has 1 aromatic rings. The van der Waals surface area contributed by atoms with Crippen LogP contribution in [0.2, 0.25) is 0 Å². The summed E-state index contributed by atoms with van der Waals surface area (Å²) in [6.45, 7) is 7.03. The van der Waals surface area contributed by atoms with Crippen LogP contribution < -0.4 is 10.1 Å². The number of nitrogens with one attached hydrogen (secondary N) is 1. The van der Waals surface area contributed by atoms with E-state index in [0.29, 0.717) is 5.88 Å². The Hall–Kier alpha value is -1.36. The molecule has 0 spiro atoms. The summed E-state index contributed by atoms with van der Waals surface area (Å²) in [5, 5.41) is 3.15. The molecule has 0 amide bonds. The molecule has 100 valence electrons. The van der Waals surface area contributed by atoms with E-state index < -0.39 is 0 Å². The molecule has 0 aromatic carbocycles. The normalized spacial score (nSPS) is 27.8. The summed E-state index contributed by atoms with van der Waals surface area (Å²) >= 11 is 0. The highest BCUT2D eigenvalue weighted by atomic mass is 16.5. The molecular weight excluding hydrogens is 230 g/mol. The number of hydrogen-bond donors (Lipinski definition) is 1. The van der Waals surface area contributed by atoms with Crippen molar-refractivity contribution in [3.63, 3.8) is 0 Å². The third-order valence-corrected chi connectivity index (χ3v) is 2.94. The van der Waals surface area contributed by atoms with Gasteiger partial charge in [-0.15, -0.1) is 0 Å². The second kappa shape index (κ2) is 6.00. The van der Waals surface area contributed by atoms with Crippen LogP contribution in [-0.2, 0) is 4.74 Å². The Labute approximate surface area is 108 Å². The van der Waals surface area contributed by atoms with Crippen molar-refractivity contribution in [3.8, 4) is 5.88 Å². The Kier molecular flexibility index (Phi) is 4.36. The first-order valence-corrected chi connectivity index (χ1v) is 6.55. The summed E-state index contributed by atoms with van der Waals surface area (Å²) in [6, 6.07) is 1.84. The van der Waals surface area contributed by atoms with Crippen LogP contribution in [-0.4, -0.2) is 34.8 Å². The van der Waals surface area contributed by atoms with Crippen LogP contribution in [0.3, 0.4) is 0 Å². The zero-order valence-electron chi connectivity index (χ0n) is 11.2. The predicted octanol–water partition coefficient (Wildman–Crippen LogP) is 2.24. The number of aromatic nitrogens is 2. The van der Waals surface area contributed by atoms with Gasteiger partial charge >= 0.3 is 0 Å². The van der Waals surface area contributed by atoms with Crippen molar-refractivity contribution in [2.75, 3.05) is 11.9 Å². The molecule has 1 fully saturated rings. The van der Waals surface area contributed by atoms with Crippen LogP contribution >= 0.6 is 0 Å². The largest absolute Gasteiger partial charge is 0.474 e. The average molecular weight is 251 g/mol. The molecule has 0 saturated carbocycles. The van der Waals surface area contributed by atoms with Crippen LogP contribution in [0.15, 0.2) is 12.4 Å². The quantitative estimate of drug-likeness (QED) is 0.889. The van der Waals surface area contributed by atoms with E-state index in [9.17, 15) is 0 Å². The Balaban J connectivity index is 1.97. The van der Waals surface area contributed by atoms with Gasteiger partial charge in [-0.2, -0.15) is 0 Å². The van der Waals surface area contributed by atoms with Crippen LogP contribution in [0.25, 0.3) is 0 Å². The molecule has 0 aliphatic carbocycles. The molecule has 1 N–H and O–H groups in total. The molecule has 5 nitrogen and oxygen atoms in total. The van der Waals surface area contributed by atoms with E-state index in [4.69, 9.17) is 9.47 Å². The molecule has 2 rings (SSSR count). The van der Waals surface area contributed by atoms with Gasteiger partial charge in [0.15, 0.2) is 0 Å². The fourth-order valence-corrected chi connectivity index (χ4v) is 2.29. The lowest BCUT2D eigenvalue weighted by Crippen LogP contribution is -2.35. The lowest BCUT2D eigenvalue weighted by Gasteiger charge is -2.31. The molecule has 0 radical (unpaired) electrons. The van der Waals surface area contributed by atoms with Crippen molar-refractivity contribution in [3.05, 3.63) is 12.4 Å². The number of nitrogens with zero attached hydrogens (tertiary/aromatic N) is 2. The second-order valence-electron chi connectivity index (χ2n) is 4.74. The monoisotopic (exact) mass is 251 g/mol. The number of ether oxygens (including phenoxy) is 2. The van der Waals surface area contributed by atoms with Crippen molar-refractivity contribution >= 4 is 5.82 Å². The maximum atomic E-state index is 5.91. The molecule has 2 atom stereocenters. The Morgan fingerprint density at radius 3 is 2.72 bits per heavy atom. The summed E-state index contributed by atoms with van der Waals surface area (Å²) < 4.78 is 11.6. The van der Waals surface area contributed by atoms with Gasteiger partial charge in [-0.3, -0.25) is 0 Å². The van der Waals surface area contributed by atoms with E-state index in [1.165, 1.54) is 6.33 Å². The zero-order valence-corrected chi connectivity index (χ0v) is 11.2. The summed E-state index contributed by atoms with van der Waals surface area (Å²) in [5.41, 5.74) is 0. The fourth-order valence-electron chi connectivity index (χ4n) is 2.29. The first-order chi connectivity index (χ1) is 8.67. The Morgan fingerprint density at radius 2 is 2.06 bits per heavy atom. The molecule has 5 heteroatoms. The van der Waals surface area contributed by atoms with E-state index in [1.807, 2.05) is 13.0 Å². The molecule has 2 unspecified atom stereocenters. The van der Waals surface area contributed by atoms with Crippen molar-refractivity contribution in [2.24, 2.45) is 0 Å². The lowest BCUT2D eigenvalue weighted by molar-refractivity contribution is -0.0729. The van der Waals surface area contributed by atoms with Crippen molar-refractivity contribution in [1.29, 1.82) is 0 Å². The van der Waals surface area contributed by atoms with E-state index in [2.05, 4.69) is 29.1 Å². The minimum Gasteiger partial charge on any atom is -0.474 e. The predicted molar refractivity (Wildman–Crippen MR) is 69.9 cm³/mol. The first-order valence-electron chi connectivity index (χ1n) is 6.55. The molecular formula is C13H21N3O2. The summed E-state index contributed by atoms with van der Waals surface area (Å²) in [6.07, 6.45) is 4.01. The lowest BCUT2D eigenvalue weighted by atomic mass is 10.0. The maximum absolute atomic E-state index is 5.91. The SMILES string of the molecule is CCNc1cc(OC2CC(C)OC(C)C2)ncn1. The average Bonchev–Trinajstić information content (AvgIpc) is 2.28. The van der Waals surface area contributed by atoms with Crippen molar-refractivity contribution in [2.45, 2.75) is 51.9 Å². The standard InChI is InChI=1S/C13H21N3O2/c1-4-14-12-7-13(16-8-15-12)18-11-5-9(2)17-10(3)6-11/h7-11H,4-6H2,1-3H3,(H,14,15,16). The highest BCUT2D eigenvalue weighted by Crippen LogP contribution is 2.23. The van der Waals surface area contributed by atoms with E-state index >= 15 is 0 Å². The fraction of sp³-hybridized carbons (Fsp3) is 0.692. The highest BCUT2D eigenvalue weighted by Gasteiger charge is 2.26. The highest BCUT2D eigenvalue weighted by molar-refractivity contribution is 5.36. The molecule has 1 saturated heterocycles. The van der Waals surface area contributed by atoms with Gasteiger partial charge in [0.1, 0.15) is 18.2 Å². The van der Waals surface area contributed by atoms with Gasteiger partial charge in [-0.25, -0.2) is 9.97 Å². The van der Waals surface area contributed by atoms with Crippen molar-refractivity contribution < 1.29 is 9.47 Å². The molecule has 2 heterocycles. The number of hydrogen-bond acceptors (Lipinski definition) is 5. The van der Waals surface area contributed by atoms with Crippen LogP contribution in [0.4, 0.5) is 5.82 Å².